The summed E-state index contributed by atoms with van der Waals surface area (Å²) in [5, 5.41) is 3.12. The van der Waals surface area contributed by atoms with Gasteiger partial charge in [-0.05, 0) is 20.3 Å². The molecule has 0 aromatic carbocycles. The van der Waals surface area contributed by atoms with Crippen LogP contribution in [0.5, 0.6) is 5.88 Å². The molecule has 1 heterocycles. The van der Waals surface area contributed by atoms with Crippen molar-refractivity contribution < 1.29 is 4.74 Å². The van der Waals surface area contributed by atoms with Gasteiger partial charge in [-0.25, -0.2) is 4.98 Å². The van der Waals surface area contributed by atoms with Gasteiger partial charge in [-0.2, -0.15) is 4.98 Å². The fourth-order valence-electron chi connectivity index (χ4n) is 0.957. The molecule has 0 amide bonds. The molecule has 0 aliphatic carbocycles. The highest BCUT2D eigenvalue weighted by Gasteiger charge is 2.00. The minimum absolute atomic E-state index is 0.330. The molecule has 0 aliphatic rings. The van der Waals surface area contributed by atoms with Crippen LogP contribution in [0.1, 0.15) is 27.2 Å². The first kappa shape index (κ1) is 10.8. The van der Waals surface area contributed by atoms with E-state index in [0.717, 1.165) is 6.42 Å². The van der Waals surface area contributed by atoms with Crippen LogP contribution >= 0.6 is 0 Å². The van der Waals surface area contributed by atoms with E-state index in [1.165, 1.54) is 0 Å². The second kappa shape index (κ2) is 5.42. The van der Waals surface area contributed by atoms with E-state index in [2.05, 4.69) is 22.2 Å². The highest BCUT2D eigenvalue weighted by Crippen LogP contribution is 2.09. The highest BCUT2D eigenvalue weighted by atomic mass is 16.5. The summed E-state index contributed by atoms with van der Waals surface area (Å²) in [4.78, 5) is 8.29. The molecular formula is C10H17N3O. The van der Waals surface area contributed by atoms with Gasteiger partial charge in [-0.3, -0.25) is 0 Å². The first-order valence-electron chi connectivity index (χ1n) is 4.94. The summed E-state index contributed by atoms with van der Waals surface area (Å²) < 4.78 is 5.39. The predicted octanol–water partition coefficient (Wildman–Crippen LogP) is 2.09. The van der Waals surface area contributed by atoms with Crippen LogP contribution in [0.25, 0.3) is 0 Å². The second-order valence-corrected chi connectivity index (χ2v) is 3.37. The molecule has 4 nitrogen and oxygen atoms in total. The smallest absolute Gasteiger partial charge is 0.226 e. The van der Waals surface area contributed by atoms with Gasteiger partial charge in [0, 0.05) is 18.3 Å². The normalized spacial score (nSPS) is 10.3. The van der Waals surface area contributed by atoms with E-state index in [1.54, 1.807) is 12.3 Å². The monoisotopic (exact) mass is 195 g/mol. The Morgan fingerprint density at radius 2 is 2.29 bits per heavy atom. The number of aromatic nitrogens is 2. The molecule has 0 fully saturated rings. The fourth-order valence-corrected chi connectivity index (χ4v) is 0.957. The summed E-state index contributed by atoms with van der Waals surface area (Å²) in [7, 11) is 0. The zero-order valence-electron chi connectivity index (χ0n) is 8.95. The number of hydrogen-bond acceptors (Lipinski definition) is 4. The Hall–Kier alpha value is -1.32. The maximum absolute atomic E-state index is 5.39. The first-order chi connectivity index (χ1) is 6.72. The second-order valence-electron chi connectivity index (χ2n) is 3.37. The lowest BCUT2D eigenvalue weighted by atomic mass is 10.4. The summed E-state index contributed by atoms with van der Waals surface area (Å²) in [6.07, 6.45) is 2.68. The lowest BCUT2D eigenvalue weighted by molar-refractivity contribution is 0.305. The maximum Gasteiger partial charge on any atom is 0.226 e. The van der Waals surface area contributed by atoms with Crippen LogP contribution in [0.15, 0.2) is 12.3 Å². The lowest BCUT2D eigenvalue weighted by Crippen LogP contribution is -2.12. The molecule has 1 rings (SSSR count). The molecule has 0 spiro atoms. The van der Waals surface area contributed by atoms with Gasteiger partial charge in [-0.1, -0.05) is 6.92 Å². The number of nitrogens with one attached hydrogen (secondary N) is 1. The molecule has 14 heavy (non-hydrogen) atoms. The average molecular weight is 195 g/mol. The SMILES string of the molecule is CCCOc1ccnc(NC(C)C)n1. The molecule has 0 saturated heterocycles. The average Bonchev–Trinajstić information content (AvgIpc) is 2.14. The molecule has 0 bridgehead atoms. The number of hydrogen-bond donors (Lipinski definition) is 1. The minimum atomic E-state index is 0.330. The van der Waals surface area contributed by atoms with Crippen LogP contribution in [-0.4, -0.2) is 22.6 Å². The van der Waals surface area contributed by atoms with Gasteiger partial charge in [0.2, 0.25) is 11.8 Å². The van der Waals surface area contributed by atoms with E-state index in [4.69, 9.17) is 4.74 Å². The van der Waals surface area contributed by atoms with E-state index in [-0.39, 0.29) is 0 Å². The van der Waals surface area contributed by atoms with Crippen LogP contribution in [-0.2, 0) is 0 Å². The van der Waals surface area contributed by atoms with Gasteiger partial charge in [0.25, 0.3) is 0 Å². The molecule has 4 heteroatoms. The van der Waals surface area contributed by atoms with Crippen molar-refractivity contribution in [3.63, 3.8) is 0 Å². The van der Waals surface area contributed by atoms with E-state index >= 15 is 0 Å². The molecule has 0 atom stereocenters. The standard InChI is InChI=1S/C10H17N3O/c1-4-7-14-9-5-6-11-10(13-9)12-8(2)3/h5-6,8H,4,7H2,1-3H3,(H,11,12,13). The van der Waals surface area contributed by atoms with E-state index in [9.17, 15) is 0 Å². The maximum atomic E-state index is 5.39. The molecule has 0 saturated carbocycles. The molecule has 0 aliphatic heterocycles. The molecule has 1 N–H and O–H groups in total. The van der Waals surface area contributed by atoms with Gasteiger partial charge in [-0.15, -0.1) is 0 Å². The topological polar surface area (TPSA) is 47.0 Å². The Kier molecular flexibility index (Phi) is 4.16. The number of ether oxygens (including phenoxy) is 1. The predicted molar refractivity (Wildman–Crippen MR) is 56.6 cm³/mol. The van der Waals surface area contributed by atoms with Gasteiger partial charge in [0.1, 0.15) is 0 Å². The Labute approximate surface area is 84.7 Å². The van der Waals surface area contributed by atoms with Crippen molar-refractivity contribution >= 4 is 5.95 Å². The fraction of sp³-hybridized carbons (Fsp3) is 0.600. The third-order valence-corrected chi connectivity index (χ3v) is 1.50. The zero-order valence-corrected chi connectivity index (χ0v) is 8.95. The van der Waals surface area contributed by atoms with Gasteiger partial charge in [0.15, 0.2) is 0 Å². The lowest BCUT2D eigenvalue weighted by Gasteiger charge is -2.09. The summed E-state index contributed by atoms with van der Waals surface area (Å²) in [6.45, 7) is 6.85. The Morgan fingerprint density at radius 1 is 1.50 bits per heavy atom. The molecule has 78 valence electrons. The van der Waals surface area contributed by atoms with Crippen LogP contribution in [0, 0.1) is 0 Å². The molecule has 0 radical (unpaired) electrons. The van der Waals surface area contributed by atoms with Gasteiger partial charge in [0.05, 0.1) is 6.61 Å². The van der Waals surface area contributed by atoms with Crippen molar-refractivity contribution in [2.24, 2.45) is 0 Å². The number of rotatable bonds is 5. The third kappa shape index (κ3) is 3.60. The largest absolute Gasteiger partial charge is 0.478 e. The summed E-state index contributed by atoms with van der Waals surface area (Å²) >= 11 is 0. The Bertz CT molecular complexity index is 276. The van der Waals surface area contributed by atoms with Crippen molar-refractivity contribution in [3.05, 3.63) is 12.3 Å². The van der Waals surface area contributed by atoms with Crippen LogP contribution in [0.2, 0.25) is 0 Å². The van der Waals surface area contributed by atoms with Crippen molar-refractivity contribution in [1.82, 2.24) is 9.97 Å². The van der Waals surface area contributed by atoms with Gasteiger partial charge < -0.3 is 10.1 Å². The third-order valence-electron chi connectivity index (χ3n) is 1.50. The van der Waals surface area contributed by atoms with Crippen molar-refractivity contribution in [1.29, 1.82) is 0 Å². The molecule has 1 aromatic rings. The first-order valence-corrected chi connectivity index (χ1v) is 4.94. The van der Waals surface area contributed by atoms with Crippen molar-refractivity contribution in [2.75, 3.05) is 11.9 Å². The Balaban J connectivity index is 2.59. The van der Waals surface area contributed by atoms with Crippen molar-refractivity contribution in [2.45, 2.75) is 33.2 Å². The van der Waals surface area contributed by atoms with E-state index in [1.807, 2.05) is 13.8 Å². The summed E-state index contributed by atoms with van der Waals surface area (Å²) in [5.41, 5.74) is 0. The Morgan fingerprint density at radius 3 is 2.93 bits per heavy atom. The highest BCUT2D eigenvalue weighted by molar-refractivity contribution is 5.28. The van der Waals surface area contributed by atoms with E-state index < -0.39 is 0 Å². The zero-order chi connectivity index (χ0) is 10.4. The molecule has 0 unspecified atom stereocenters. The van der Waals surface area contributed by atoms with Gasteiger partial charge >= 0.3 is 0 Å². The van der Waals surface area contributed by atoms with E-state index in [0.29, 0.717) is 24.5 Å². The number of anilines is 1. The molecular weight excluding hydrogens is 178 g/mol. The summed E-state index contributed by atoms with van der Waals surface area (Å²) in [6, 6.07) is 2.10. The quantitative estimate of drug-likeness (QED) is 0.781. The van der Waals surface area contributed by atoms with Crippen LogP contribution < -0.4 is 10.1 Å². The van der Waals surface area contributed by atoms with Crippen LogP contribution in [0.4, 0.5) is 5.95 Å². The molecule has 1 aromatic heterocycles. The van der Waals surface area contributed by atoms with Crippen LogP contribution in [0.3, 0.4) is 0 Å². The van der Waals surface area contributed by atoms with Crippen molar-refractivity contribution in [3.8, 4) is 5.88 Å². The number of nitrogens with zero attached hydrogens (tertiary/aromatic N) is 2. The minimum Gasteiger partial charge on any atom is -0.478 e. The summed E-state index contributed by atoms with van der Waals surface area (Å²) in [5.74, 6) is 1.25.